The van der Waals surface area contributed by atoms with Gasteiger partial charge < -0.3 is 9.47 Å². The molecular weight excluding hydrogens is 331 g/mol. The Morgan fingerprint density at radius 3 is 2.52 bits per heavy atom. The van der Waals surface area contributed by atoms with Crippen LogP contribution in [0.2, 0.25) is 0 Å². The average Bonchev–Trinajstić information content (AvgIpc) is 3.01. The largest absolute Gasteiger partial charge is 0.360 e. The van der Waals surface area contributed by atoms with Gasteiger partial charge in [-0.15, -0.1) is 10.2 Å². The lowest BCUT2D eigenvalue weighted by atomic mass is 10.1. The van der Waals surface area contributed by atoms with Crippen molar-refractivity contribution in [2.45, 2.75) is 19.5 Å². The fourth-order valence-electron chi connectivity index (χ4n) is 3.04. The van der Waals surface area contributed by atoms with Crippen LogP contribution >= 0.6 is 0 Å². The molecule has 0 radical (unpaired) electrons. The van der Waals surface area contributed by atoms with E-state index in [2.05, 4.69) is 15.2 Å². The molecule has 0 saturated carbocycles. The SMILES string of the molecule is Fc1cnccc1N1CCn2c(Cc3c(F)cccc3F)nnc2C1. The number of hydrogen-bond acceptors (Lipinski definition) is 4. The summed E-state index contributed by atoms with van der Waals surface area (Å²) in [5.41, 5.74) is 0.422. The standard InChI is InChI=1S/C17H14F3N5/c18-12-2-1-3-13(19)11(12)8-16-22-23-17-10-24(6-7-25(16)17)15-4-5-21-9-14(15)20/h1-5,9H,6-8,10H2. The van der Waals surface area contributed by atoms with E-state index in [4.69, 9.17) is 0 Å². The summed E-state index contributed by atoms with van der Waals surface area (Å²) in [6, 6.07) is 5.38. The van der Waals surface area contributed by atoms with Gasteiger partial charge in [-0.1, -0.05) is 6.07 Å². The smallest absolute Gasteiger partial charge is 0.164 e. The zero-order valence-electron chi connectivity index (χ0n) is 13.2. The molecule has 0 aliphatic carbocycles. The van der Waals surface area contributed by atoms with Gasteiger partial charge in [-0.25, -0.2) is 13.2 Å². The Morgan fingerprint density at radius 2 is 1.76 bits per heavy atom. The lowest BCUT2D eigenvalue weighted by molar-refractivity contribution is 0.524. The molecule has 1 aromatic carbocycles. The number of aromatic nitrogens is 4. The minimum atomic E-state index is -0.603. The van der Waals surface area contributed by atoms with Crippen molar-refractivity contribution in [3.05, 3.63) is 71.3 Å². The van der Waals surface area contributed by atoms with Gasteiger partial charge in [0.25, 0.3) is 0 Å². The first kappa shape index (κ1) is 15.6. The van der Waals surface area contributed by atoms with Crippen molar-refractivity contribution < 1.29 is 13.2 Å². The van der Waals surface area contributed by atoms with Gasteiger partial charge in [-0.2, -0.15) is 0 Å². The molecule has 2 aromatic heterocycles. The lowest BCUT2D eigenvalue weighted by Gasteiger charge is -2.29. The molecule has 0 amide bonds. The molecule has 128 valence electrons. The number of fused-ring (bicyclic) bond motifs is 1. The highest BCUT2D eigenvalue weighted by Gasteiger charge is 2.24. The minimum Gasteiger partial charge on any atom is -0.360 e. The molecule has 0 N–H and O–H groups in total. The van der Waals surface area contributed by atoms with E-state index in [1.807, 2.05) is 9.47 Å². The van der Waals surface area contributed by atoms with Gasteiger partial charge in [-0.05, 0) is 18.2 Å². The van der Waals surface area contributed by atoms with Crippen LogP contribution in [0.4, 0.5) is 18.9 Å². The second-order valence-corrected chi connectivity index (χ2v) is 5.81. The zero-order valence-corrected chi connectivity index (χ0v) is 13.2. The highest BCUT2D eigenvalue weighted by Crippen LogP contribution is 2.24. The Hall–Kier alpha value is -2.90. The average molecular weight is 345 g/mol. The highest BCUT2D eigenvalue weighted by molar-refractivity contribution is 5.46. The maximum absolute atomic E-state index is 13.9. The van der Waals surface area contributed by atoms with E-state index in [1.54, 1.807) is 6.07 Å². The van der Waals surface area contributed by atoms with E-state index < -0.39 is 17.5 Å². The third-order valence-corrected chi connectivity index (χ3v) is 4.32. The van der Waals surface area contributed by atoms with Crippen molar-refractivity contribution in [3.8, 4) is 0 Å². The van der Waals surface area contributed by atoms with Crippen LogP contribution in [0, 0.1) is 17.5 Å². The van der Waals surface area contributed by atoms with Gasteiger partial charge in [0.15, 0.2) is 11.6 Å². The molecule has 0 fully saturated rings. The van der Waals surface area contributed by atoms with Crippen molar-refractivity contribution in [2.24, 2.45) is 0 Å². The number of halogens is 3. The topological polar surface area (TPSA) is 46.8 Å². The Bertz CT molecular complexity index is 904. The fraction of sp³-hybridized carbons (Fsp3) is 0.235. The summed E-state index contributed by atoms with van der Waals surface area (Å²) in [5.74, 6) is -0.477. The summed E-state index contributed by atoms with van der Waals surface area (Å²) in [5, 5.41) is 8.18. The molecular formula is C17H14F3N5. The monoisotopic (exact) mass is 345 g/mol. The van der Waals surface area contributed by atoms with Gasteiger partial charge in [-0.3, -0.25) is 4.98 Å². The predicted octanol–water partition coefficient (Wildman–Crippen LogP) is 2.70. The lowest BCUT2D eigenvalue weighted by Crippen LogP contribution is -2.35. The number of benzene rings is 1. The van der Waals surface area contributed by atoms with Crippen molar-refractivity contribution in [3.63, 3.8) is 0 Å². The van der Waals surface area contributed by atoms with Gasteiger partial charge in [0, 0.05) is 31.3 Å². The molecule has 3 aromatic rings. The number of nitrogens with zero attached hydrogens (tertiary/aromatic N) is 5. The molecule has 1 aliphatic rings. The Kier molecular flexibility index (Phi) is 3.87. The third-order valence-electron chi connectivity index (χ3n) is 4.32. The molecule has 0 saturated heterocycles. The molecule has 25 heavy (non-hydrogen) atoms. The van der Waals surface area contributed by atoms with Gasteiger partial charge in [0.1, 0.15) is 17.5 Å². The highest BCUT2D eigenvalue weighted by atomic mass is 19.1. The predicted molar refractivity (Wildman–Crippen MR) is 84.4 cm³/mol. The summed E-state index contributed by atoms with van der Waals surface area (Å²) in [7, 11) is 0. The third kappa shape index (κ3) is 2.84. The number of rotatable bonds is 3. The van der Waals surface area contributed by atoms with E-state index in [9.17, 15) is 13.2 Å². The van der Waals surface area contributed by atoms with E-state index in [-0.39, 0.29) is 12.0 Å². The van der Waals surface area contributed by atoms with Crippen LogP contribution in [-0.4, -0.2) is 26.3 Å². The van der Waals surface area contributed by atoms with Crippen LogP contribution in [0.1, 0.15) is 17.2 Å². The van der Waals surface area contributed by atoms with E-state index >= 15 is 0 Å². The molecule has 0 bridgehead atoms. The van der Waals surface area contributed by atoms with Crippen LogP contribution < -0.4 is 4.90 Å². The summed E-state index contributed by atoms with van der Waals surface area (Å²) in [6.07, 6.45) is 2.72. The summed E-state index contributed by atoms with van der Waals surface area (Å²) >= 11 is 0. The molecule has 5 nitrogen and oxygen atoms in total. The zero-order chi connectivity index (χ0) is 17.4. The summed E-state index contributed by atoms with van der Waals surface area (Å²) in [4.78, 5) is 5.59. The van der Waals surface area contributed by atoms with Crippen molar-refractivity contribution in [2.75, 3.05) is 11.4 Å². The molecule has 4 rings (SSSR count). The van der Waals surface area contributed by atoms with E-state index in [1.165, 1.54) is 30.6 Å². The Balaban J connectivity index is 1.60. The second kappa shape index (κ2) is 6.19. The molecule has 0 spiro atoms. The van der Waals surface area contributed by atoms with E-state index in [0.29, 0.717) is 37.0 Å². The fourth-order valence-corrected chi connectivity index (χ4v) is 3.04. The maximum Gasteiger partial charge on any atom is 0.164 e. The van der Waals surface area contributed by atoms with Crippen LogP contribution in [0.3, 0.4) is 0 Å². The molecule has 1 aliphatic heterocycles. The normalized spacial score (nSPS) is 13.8. The van der Waals surface area contributed by atoms with Crippen LogP contribution in [0.25, 0.3) is 0 Å². The quantitative estimate of drug-likeness (QED) is 0.732. The minimum absolute atomic E-state index is 0.0229. The van der Waals surface area contributed by atoms with Crippen LogP contribution in [0.5, 0.6) is 0 Å². The maximum atomic E-state index is 13.9. The Morgan fingerprint density at radius 1 is 0.960 bits per heavy atom. The van der Waals surface area contributed by atoms with Crippen molar-refractivity contribution in [1.82, 2.24) is 19.7 Å². The molecule has 0 unspecified atom stereocenters. The number of anilines is 1. The van der Waals surface area contributed by atoms with Crippen molar-refractivity contribution >= 4 is 5.69 Å². The van der Waals surface area contributed by atoms with Crippen molar-refractivity contribution in [1.29, 1.82) is 0 Å². The van der Waals surface area contributed by atoms with E-state index in [0.717, 1.165) is 0 Å². The number of hydrogen-bond donors (Lipinski definition) is 0. The molecule has 3 heterocycles. The van der Waals surface area contributed by atoms with Gasteiger partial charge in [0.2, 0.25) is 0 Å². The second-order valence-electron chi connectivity index (χ2n) is 5.81. The first-order chi connectivity index (χ1) is 12.1. The first-order valence-electron chi connectivity index (χ1n) is 7.82. The van der Waals surface area contributed by atoms with Crippen LogP contribution in [0.15, 0.2) is 36.7 Å². The summed E-state index contributed by atoms with van der Waals surface area (Å²) in [6.45, 7) is 1.42. The molecule has 8 heteroatoms. The molecule has 0 atom stereocenters. The Labute approximate surface area is 141 Å². The van der Waals surface area contributed by atoms with Gasteiger partial charge >= 0.3 is 0 Å². The van der Waals surface area contributed by atoms with Crippen LogP contribution in [-0.2, 0) is 19.5 Å². The summed E-state index contributed by atoms with van der Waals surface area (Å²) < 4.78 is 43.4. The first-order valence-corrected chi connectivity index (χ1v) is 7.82. The van der Waals surface area contributed by atoms with Gasteiger partial charge in [0.05, 0.1) is 18.4 Å². The number of pyridine rings is 1.